The first kappa shape index (κ1) is 19.9. The molecule has 1 aliphatic heterocycles. The summed E-state index contributed by atoms with van der Waals surface area (Å²) in [5, 5.41) is 21.7. The van der Waals surface area contributed by atoms with Gasteiger partial charge in [0.15, 0.2) is 5.82 Å². The van der Waals surface area contributed by atoms with Gasteiger partial charge < -0.3 is 11.1 Å². The molecule has 3 aromatic rings. The van der Waals surface area contributed by atoms with Gasteiger partial charge in [0.25, 0.3) is 5.91 Å². The molecule has 0 unspecified atom stereocenters. The van der Waals surface area contributed by atoms with Crippen LogP contribution in [0.3, 0.4) is 0 Å². The van der Waals surface area contributed by atoms with E-state index in [-0.39, 0.29) is 23.8 Å². The molecule has 0 bridgehead atoms. The van der Waals surface area contributed by atoms with Crippen LogP contribution in [-0.2, 0) is 10.0 Å². The number of amides is 1. The van der Waals surface area contributed by atoms with E-state index in [4.69, 9.17) is 5.73 Å². The van der Waals surface area contributed by atoms with Gasteiger partial charge >= 0.3 is 0 Å². The number of anilines is 1. The maximum Gasteiger partial charge on any atom is 0.252 e. The third-order valence-corrected chi connectivity index (χ3v) is 7.88. The molecule has 1 aliphatic carbocycles. The van der Waals surface area contributed by atoms with Crippen molar-refractivity contribution in [1.82, 2.24) is 34.5 Å². The predicted octanol–water partition coefficient (Wildman–Crippen LogP) is -0.0588. The van der Waals surface area contributed by atoms with Crippen LogP contribution >= 0.6 is 0 Å². The SMILES string of the molecule is C[C@H]1[C@@H]2CN(S(C)(=O)=O)C[C@H]2C[C@H]1Nc1c(C(N)=O)cnn2cc(-c3nnn[nH]3)cc12. The van der Waals surface area contributed by atoms with Crippen LogP contribution in [0.5, 0.6) is 0 Å². The van der Waals surface area contributed by atoms with Crippen molar-refractivity contribution in [3.05, 3.63) is 24.0 Å². The number of sulfonamides is 1. The van der Waals surface area contributed by atoms with Crippen LogP contribution in [0.2, 0.25) is 0 Å². The number of aromatic amines is 1. The van der Waals surface area contributed by atoms with Crippen LogP contribution in [0, 0.1) is 17.8 Å². The largest absolute Gasteiger partial charge is 0.380 e. The molecule has 1 saturated carbocycles. The van der Waals surface area contributed by atoms with E-state index in [9.17, 15) is 13.2 Å². The van der Waals surface area contributed by atoms with Gasteiger partial charge in [-0.05, 0) is 40.7 Å². The summed E-state index contributed by atoms with van der Waals surface area (Å²) in [7, 11) is -3.19. The van der Waals surface area contributed by atoms with Gasteiger partial charge in [0.1, 0.15) is 0 Å². The minimum Gasteiger partial charge on any atom is -0.380 e. The number of hydrogen-bond acceptors (Lipinski definition) is 8. The normalized spacial score (nSPS) is 26.4. The number of fused-ring (bicyclic) bond motifs is 2. The number of nitrogens with two attached hydrogens (primary N) is 1. The minimum atomic E-state index is -3.19. The Labute approximate surface area is 178 Å². The fraction of sp³-hybridized carbons (Fsp3) is 0.500. The fourth-order valence-electron chi connectivity index (χ4n) is 4.99. The Morgan fingerprint density at radius 1 is 1.35 bits per heavy atom. The Morgan fingerprint density at radius 3 is 2.81 bits per heavy atom. The maximum atomic E-state index is 12.1. The second kappa shape index (κ2) is 6.99. The Kier molecular flexibility index (Phi) is 4.48. The Balaban J connectivity index is 1.48. The summed E-state index contributed by atoms with van der Waals surface area (Å²) in [6.07, 6.45) is 5.29. The smallest absolute Gasteiger partial charge is 0.252 e. The molecule has 1 saturated heterocycles. The van der Waals surface area contributed by atoms with E-state index in [1.165, 1.54) is 12.5 Å². The van der Waals surface area contributed by atoms with Crippen molar-refractivity contribution < 1.29 is 13.2 Å². The molecular weight excluding hydrogens is 422 g/mol. The highest BCUT2D eigenvalue weighted by atomic mass is 32.2. The van der Waals surface area contributed by atoms with E-state index in [1.54, 1.807) is 15.0 Å². The molecule has 4 N–H and O–H groups in total. The molecule has 13 heteroatoms. The van der Waals surface area contributed by atoms with Gasteiger partial charge in [-0.1, -0.05) is 6.92 Å². The van der Waals surface area contributed by atoms with Gasteiger partial charge in [-0.15, -0.1) is 5.10 Å². The van der Waals surface area contributed by atoms with Gasteiger partial charge in [0.2, 0.25) is 10.0 Å². The Bertz CT molecular complexity index is 1250. The van der Waals surface area contributed by atoms with Crippen molar-refractivity contribution in [2.75, 3.05) is 24.7 Å². The van der Waals surface area contributed by atoms with E-state index in [1.807, 2.05) is 6.07 Å². The van der Waals surface area contributed by atoms with Crippen molar-refractivity contribution in [2.24, 2.45) is 23.5 Å². The van der Waals surface area contributed by atoms with Gasteiger partial charge in [0.05, 0.1) is 29.2 Å². The second-order valence-corrected chi connectivity index (χ2v) is 10.4. The van der Waals surface area contributed by atoms with Crippen molar-refractivity contribution in [1.29, 1.82) is 0 Å². The number of nitrogens with one attached hydrogen (secondary N) is 2. The third kappa shape index (κ3) is 3.33. The van der Waals surface area contributed by atoms with Crippen LogP contribution in [0.25, 0.3) is 16.9 Å². The molecule has 4 atom stereocenters. The third-order valence-electron chi connectivity index (χ3n) is 6.64. The number of primary amides is 1. The fourth-order valence-corrected chi connectivity index (χ4v) is 5.90. The summed E-state index contributed by atoms with van der Waals surface area (Å²) in [5.74, 6) is 0.681. The van der Waals surface area contributed by atoms with E-state index in [0.29, 0.717) is 35.7 Å². The van der Waals surface area contributed by atoms with Crippen molar-refractivity contribution in [3.63, 3.8) is 0 Å². The lowest BCUT2D eigenvalue weighted by Gasteiger charge is -2.25. The molecule has 1 amide bonds. The summed E-state index contributed by atoms with van der Waals surface area (Å²) in [5.41, 5.74) is 7.95. The number of rotatable bonds is 5. The number of carbonyl (C=O) groups is 1. The number of hydrogen-bond donors (Lipinski definition) is 3. The number of nitrogens with zero attached hydrogens (tertiary/aromatic N) is 6. The summed E-state index contributed by atoms with van der Waals surface area (Å²) >= 11 is 0. The molecule has 12 nitrogen and oxygen atoms in total. The molecule has 164 valence electrons. The summed E-state index contributed by atoms with van der Waals surface area (Å²) in [6, 6.07) is 1.92. The minimum absolute atomic E-state index is 0.0753. The lowest BCUT2D eigenvalue weighted by atomic mass is 9.93. The zero-order valence-corrected chi connectivity index (χ0v) is 17.9. The van der Waals surface area contributed by atoms with Gasteiger partial charge in [-0.2, -0.15) is 5.10 Å². The average molecular weight is 446 g/mol. The van der Waals surface area contributed by atoms with E-state index in [0.717, 1.165) is 12.0 Å². The summed E-state index contributed by atoms with van der Waals surface area (Å²) in [4.78, 5) is 12.1. The van der Waals surface area contributed by atoms with E-state index in [2.05, 4.69) is 38.0 Å². The van der Waals surface area contributed by atoms with E-state index >= 15 is 0 Å². The van der Waals surface area contributed by atoms with Crippen LogP contribution < -0.4 is 11.1 Å². The lowest BCUT2D eigenvalue weighted by molar-refractivity contribution is 0.100. The molecule has 0 spiro atoms. The van der Waals surface area contributed by atoms with Gasteiger partial charge in [-0.25, -0.2) is 22.3 Å². The summed E-state index contributed by atoms with van der Waals surface area (Å²) < 4.78 is 27.1. The highest BCUT2D eigenvalue weighted by Crippen LogP contribution is 2.44. The molecule has 31 heavy (non-hydrogen) atoms. The molecule has 0 aromatic carbocycles. The first-order valence-corrected chi connectivity index (χ1v) is 11.8. The van der Waals surface area contributed by atoms with Gasteiger partial charge in [-0.3, -0.25) is 4.79 Å². The van der Waals surface area contributed by atoms with Crippen molar-refractivity contribution in [3.8, 4) is 11.4 Å². The Morgan fingerprint density at radius 2 is 2.16 bits per heavy atom. The molecular formula is C18H23N9O3S. The molecule has 4 heterocycles. The number of carbonyl (C=O) groups excluding carboxylic acids is 1. The van der Waals surface area contributed by atoms with E-state index < -0.39 is 15.9 Å². The standard InChI is InChI=1S/C18H23N9O3S/c1-9-13-8-26(31(2,29)30)6-10(13)3-14(9)21-16-12(17(19)28)5-20-27-7-11(4-15(16)27)18-22-24-25-23-18/h4-5,7,9-10,13-14,21H,3,6,8H2,1-2H3,(H2,19,28)(H,22,23,24,25)/t9-,10+,13-,14+/m0/s1. The second-order valence-electron chi connectivity index (χ2n) is 8.46. The number of aromatic nitrogens is 6. The molecule has 0 radical (unpaired) electrons. The predicted molar refractivity (Wildman–Crippen MR) is 111 cm³/mol. The monoisotopic (exact) mass is 445 g/mol. The zero-order chi connectivity index (χ0) is 21.9. The van der Waals surface area contributed by atoms with Gasteiger partial charge in [0, 0.05) is 30.9 Å². The van der Waals surface area contributed by atoms with Crippen LogP contribution in [0.15, 0.2) is 18.5 Å². The zero-order valence-electron chi connectivity index (χ0n) is 17.1. The van der Waals surface area contributed by atoms with Crippen LogP contribution in [-0.4, -0.2) is 74.3 Å². The van der Waals surface area contributed by atoms with Crippen molar-refractivity contribution in [2.45, 2.75) is 19.4 Å². The molecule has 3 aromatic heterocycles. The topological polar surface area (TPSA) is 164 Å². The quantitative estimate of drug-likeness (QED) is 0.491. The lowest BCUT2D eigenvalue weighted by Crippen LogP contribution is -2.33. The number of tetrazole rings is 1. The summed E-state index contributed by atoms with van der Waals surface area (Å²) in [6.45, 7) is 3.19. The van der Waals surface area contributed by atoms with Crippen LogP contribution in [0.1, 0.15) is 23.7 Å². The average Bonchev–Trinajstić information content (AvgIpc) is 3.46. The first-order valence-electron chi connectivity index (χ1n) is 9.99. The van der Waals surface area contributed by atoms with Crippen molar-refractivity contribution >= 4 is 27.1 Å². The highest BCUT2D eigenvalue weighted by molar-refractivity contribution is 7.88. The maximum absolute atomic E-state index is 12.1. The number of H-pyrrole nitrogens is 1. The molecule has 5 rings (SSSR count). The van der Waals surface area contributed by atoms with Crippen LogP contribution in [0.4, 0.5) is 5.69 Å². The molecule has 2 aliphatic rings. The molecule has 2 fully saturated rings. The highest BCUT2D eigenvalue weighted by Gasteiger charge is 2.48. The first-order chi connectivity index (χ1) is 14.7. The Hall–Kier alpha value is -3.06.